The molecule has 13 atom stereocenters. The number of fused-ring (bicyclic) bond motifs is 2. The molecule has 0 radical (unpaired) electrons. The van der Waals surface area contributed by atoms with Crippen molar-refractivity contribution in [3.63, 3.8) is 0 Å². The number of carbonyl (C=O) groups excluding carboxylic acids is 12. The average molecular weight is 1660 g/mol. The summed E-state index contributed by atoms with van der Waals surface area (Å²) in [5.41, 5.74) is 2.50. The molecule has 6 rings (SSSR count). The van der Waals surface area contributed by atoms with Gasteiger partial charge in [-0.1, -0.05) is 99.5 Å². The topological polar surface area (TPSA) is 554 Å². The van der Waals surface area contributed by atoms with E-state index in [1.165, 1.54) is 19.4 Å². The number of para-hydroxylation sites is 2. The molecule has 0 aliphatic carbocycles. The number of amides is 12. The van der Waals surface area contributed by atoms with E-state index in [1.807, 2.05) is 0 Å². The number of nitrogens with zero attached hydrogens (tertiary/aromatic N) is 1. The van der Waals surface area contributed by atoms with Crippen LogP contribution in [0, 0.1) is 17.8 Å². The second-order valence-electron chi connectivity index (χ2n) is 27.2. The van der Waals surface area contributed by atoms with E-state index in [9.17, 15) is 87.5 Å². The molecule has 5 aromatic rings. The van der Waals surface area contributed by atoms with E-state index in [0.29, 0.717) is 32.9 Å². The van der Waals surface area contributed by atoms with Crippen LogP contribution in [0.3, 0.4) is 0 Å². The molecule has 3 aromatic heterocycles. The van der Waals surface area contributed by atoms with Crippen molar-refractivity contribution in [3.05, 3.63) is 90.3 Å². The monoisotopic (exact) mass is 1660 g/mol. The third kappa shape index (κ3) is 26.8. The number of halogens is 1. The van der Waals surface area contributed by atoms with Crippen LogP contribution in [0.2, 0.25) is 0 Å². The zero-order valence-electron chi connectivity index (χ0n) is 60.5. The Morgan fingerprint density at radius 2 is 1.08 bits per heavy atom. The fraction of sp³-hybridized carbons (Fsp3) is 0.507. The molecule has 39 heteroatoms. The summed E-state index contributed by atoms with van der Waals surface area (Å²) in [4.78, 5) is 223. The summed E-state index contributed by atoms with van der Waals surface area (Å²) in [6.07, 6.45) is 1.26. The molecule has 1 fully saturated rings. The third-order valence-electron chi connectivity index (χ3n) is 17.2. The maximum absolute atomic E-state index is 15.0. The molecule has 2 aromatic carbocycles. The van der Waals surface area contributed by atoms with Crippen LogP contribution in [0.5, 0.6) is 0 Å². The highest BCUT2D eigenvalue weighted by Gasteiger charge is 2.39. The van der Waals surface area contributed by atoms with Gasteiger partial charge in [0.1, 0.15) is 66.5 Å². The molecule has 1 aliphatic heterocycles. The van der Waals surface area contributed by atoms with E-state index in [2.05, 4.69) is 87.3 Å². The largest absolute Gasteiger partial charge is 0.481 e. The number of nitrogens with one attached hydrogen (secondary N) is 16. The maximum Gasteiger partial charge on any atom is 0.328 e. The number of H-pyrrole nitrogens is 3. The number of aliphatic carboxylic acids is 3. The van der Waals surface area contributed by atoms with Gasteiger partial charge in [0.05, 0.1) is 31.1 Å². The lowest BCUT2D eigenvalue weighted by atomic mass is 9.98. The van der Waals surface area contributed by atoms with E-state index in [4.69, 9.17) is 0 Å². The number of carboxylic acid groups (broad SMARTS) is 3. The number of carbonyl (C=O) groups is 15. The fourth-order valence-electron chi connectivity index (χ4n) is 11.4. The van der Waals surface area contributed by atoms with Crippen LogP contribution in [-0.2, 0) is 91.2 Å². The molecule has 1 saturated heterocycles. The van der Waals surface area contributed by atoms with Gasteiger partial charge >= 0.3 is 17.9 Å². The van der Waals surface area contributed by atoms with Crippen molar-refractivity contribution in [2.24, 2.45) is 17.8 Å². The Kier molecular flexibility index (Phi) is 33.9. The van der Waals surface area contributed by atoms with Gasteiger partial charge in [0.25, 0.3) is 0 Å². The van der Waals surface area contributed by atoms with Gasteiger partial charge in [0, 0.05) is 100 Å². The third-order valence-corrected chi connectivity index (χ3v) is 20.3. The number of carboxylic acids is 3. The van der Waals surface area contributed by atoms with E-state index in [-0.39, 0.29) is 49.6 Å². The van der Waals surface area contributed by atoms with Crippen molar-refractivity contribution in [2.45, 2.75) is 185 Å². The Morgan fingerprint density at radius 1 is 0.574 bits per heavy atom. The van der Waals surface area contributed by atoms with Crippen molar-refractivity contribution in [3.8, 4) is 0 Å². The number of imidazole rings is 1. The Labute approximate surface area is 642 Å². The highest BCUT2D eigenvalue weighted by atomic mass is 127. The second-order valence-corrected chi connectivity index (χ2v) is 30.4. The van der Waals surface area contributed by atoms with Crippen LogP contribution in [0.1, 0.15) is 104 Å². The quantitative estimate of drug-likeness (QED) is 0.0215. The summed E-state index contributed by atoms with van der Waals surface area (Å²) in [6, 6.07) is -5.20. The van der Waals surface area contributed by atoms with Gasteiger partial charge in [-0.3, -0.25) is 67.1 Å². The highest BCUT2D eigenvalue weighted by Crippen LogP contribution is 2.26. The number of hydrogen-bond acceptors (Lipinski definition) is 20. The molecule has 20 N–H and O–H groups in total. The molecule has 0 saturated carbocycles. The number of rotatable bonds is 23. The summed E-state index contributed by atoms with van der Waals surface area (Å²) in [6.45, 7) is 11.5. The van der Waals surface area contributed by atoms with Gasteiger partial charge in [0.2, 0.25) is 70.9 Å². The maximum atomic E-state index is 15.0. The van der Waals surface area contributed by atoms with Crippen molar-refractivity contribution >= 4 is 155 Å². The minimum Gasteiger partial charge on any atom is -0.481 e. The van der Waals surface area contributed by atoms with Crippen molar-refractivity contribution in [2.75, 3.05) is 18.1 Å². The van der Waals surface area contributed by atoms with E-state index < -0.39 is 211 Å². The average Bonchev–Trinajstić information content (AvgIpc) is 1.66. The van der Waals surface area contributed by atoms with Gasteiger partial charge in [-0.05, 0) is 74.1 Å². The molecule has 0 unspecified atom stereocenters. The van der Waals surface area contributed by atoms with Gasteiger partial charge < -0.3 is 99.2 Å². The van der Waals surface area contributed by atoms with Crippen LogP contribution in [0.4, 0.5) is 0 Å². The smallest absolute Gasteiger partial charge is 0.328 e. The molecule has 1 aliphatic rings. The Hall–Kier alpha value is -9.87. The lowest BCUT2D eigenvalue weighted by Crippen LogP contribution is -2.61. The molecule has 36 nitrogen and oxygen atoms in total. The number of benzene rings is 2. The predicted molar refractivity (Wildman–Crippen MR) is 404 cm³/mol. The van der Waals surface area contributed by atoms with Gasteiger partial charge in [-0.2, -0.15) is 0 Å². The zero-order chi connectivity index (χ0) is 79.6. The standard InChI is InChI=1S/C69H94IN17O19S2/c1-32(2)19-45-59(95)74-28-53(89)77-44(17-18-54(90)91)60(96)80-46(20-33(3)4)64(100)85-56(34(5)6)68(104)82-48(22-38-26-73-43-16-12-10-14-41(38)43)62(98)83-52(67(103)86-57(36(8)88)69(105)106)30-108-107-29-51(84-65(101)50(87-70)24-55(92)93)66(102)76-35(7)58(94)78-47(21-37-25-72-42-15-11-9-13-40(37)42)61(97)81-49(63(99)79-45)23-39-27-71-31-75-39/h9-16,25-27,31-36,44-52,56-57,72-73,87-88H,17-24,28-30H2,1-8H3,(H,71,75)(H,74,95)(H,76,102)(H,77,89)(H,78,94)(H,79,99)(H,80,96)(H,81,97)(H,82,104)(H,83,98)(H,84,101)(H,85,100)(H,86,103)(H,90,91)(H,92,93)(H,105,106)/t35-,36+,44-,45-,46-,47-,48-,49-,50-,51-,52-,56-,57-/m0/s1. The Bertz CT molecular complexity index is 4020. The van der Waals surface area contributed by atoms with Crippen molar-refractivity contribution < 1.29 is 92.3 Å². The number of aromatic nitrogens is 4. The Morgan fingerprint density at radius 3 is 1.60 bits per heavy atom. The Balaban J connectivity index is 1.45. The van der Waals surface area contributed by atoms with Crippen molar-refractivity contribution in [1.29, 1.82) is 0 Å². The fourth-order valence-corrected chi connectivity index (χ4v) is 14.3. The molecule has 0 bridgehead atoms. The molecule has 108 heavy (non-hydrogen) atoms. The first-order chi connectivity index (χ1) is 51.1. The molecule has 588 valence electrons. The highest BCUT2D eigenvalue weighted by molar-refractivity contribution is 14.1. The number of hydrogen-bond donors (Lipinski definition) is 20. The summed E-state index contributed by atoms with van der Waals surface area (Å²) in [7, 11) is 1.59. The van der Waals surface area contributed by atoms with Crippen LogP contribution >= 0.6 is 44.5 Å². The predicted octanol–water partition coefficient (Wildman–Crippen LogP) is -0.875. The normalized spacial score (nSPS) is 23.1. The summed E-state index contributed by atoms with van der Waals surface area (Å²) in [5.74, 6) is -18.8. The number of aliphatic hydroxyl groups excluding tert-OH is 1. The first kappa shape index (κ1) is 87.0. The minimum atomic E-state index is -1.95. The first-order valence-corrected chi connectivity index (χ1v) is 38.3. The van der Waals surface area contributed by atoms with Crippen molar-refractivity contribution in [1.82, 2.24) is 87.3 Å². The number of aromatic amines is 3. The zero-order valence-corrected chi connectivity index (χ0v) is 64.3. The lowest BCUT2D eigenvalue weighted by Gasteiger charge is -2.29. The van der Waals surface area contributed by atoms with E-state index in [1.54, 1.807) is 125 Å². The van der Waals surface area contributed by atoms with E-state index in [0.717, 1.165) is 28.5 Å². The number of aliphatic hydroxyl groups is 1. The first-order valence-electron chi connectivity index (χ1n) is 34.8. The van der Waals surface area contributed by atoms with Crippen LogP contribution in [-0.4, -0.2) is 226 Å². The molecule has 0 spiro atoms. The summed E-state index contributed by atoms with van der Waals surface area (Å²) >= 11 is 1.55. The second kappa shape index (κ2) is 42.0. The molecule has 12 amide bonds. The van der Waals surface area contributed by atoms with Crippen LogP contribution in [0.15, 0.2) is 73.4 Å². The molecular weight excluding hydrogens is 1560 g/mol. The van der Waals surface area contributed by atoms with Gasteiger partial charge in [0.15, 0.2) is 6.04 Å². The van der Waals surface area contributed by atoms with Crippen LogP contribution in [0.25, 0.3) is 21.8 Å². The minimum absolute atomic E-state index is 0.0459. The van der Waals surface area contributed by atoms with Gasteiger partial charge in [-0.25, -0.2) is 13.3 Å². The van der Waals surface area contributed by atoms with Gasteiger partial charge in [-0.15, -0.1) is 0 Å². The molecule has 4 heterocycles. The molecular formula is C69H94IN17O19S2. The summed E-state index contributed by atoms with van der Waals surface area (Å²) in [5, 5.41) is 71.9. The SMILES string of the molecule is CC(C)C[C@@H]1NC(=O)[C@H](Cc2c[nH]cn2)NC(=O)[C@H](Cc2c[nH]c3ccccc23)NC(=O)[C@H](C)NC(=O)[C@@H](NC(=O)[C@H](CC(=O)O)NI)CSSC[C@@H](C(=O)N[C@H](C(=O)O)[C@@H](C)O)NC(=O)[C@H](Cc2c[nH]c3ccccc23)NC(=O)[C@H](C(C)C)NC(=O)[C@H](CC(C)C)NC(=O)[C@H](CCC(=O)O)NC(=O)CNC1=O. The van der Waals surface area contributed by atoms with E-state index >= 15 is 4.79 Å². The van der Waals surface area contributed by atoms with Crippen LogP contribution < -0.4 is 67.3 Å². The lowest BCUT2D eigenvalue weighted by molar-refractivity contribution is -0.145. The summed E-state index contributed by atoms with van der Waals surface area (Å²) < 4.78 is 2.54.